The van der Waals surface area contributed by atoms with E-state index in [0.717, 1.165) is 41.9 Å². The second-order valence-electron chi connectivity index (χ2n) is 6.78. The van der Waals surface area contributed by atoms with Gasteiger partial charge in [-0.1, -0.05) is 23.8 Å². The maximum absolute atomic E-state index is 12.8. The van der Waals surface area contributed by atoms with E-state index in [4.69, 9.17) is 0 Å². The summed E-state index contributed by atoms with van der Waals surface area (Å²) < 4.78 is 38.4. The second-order valence-corrected chi connectivity index (χ2v) is 6.78. The molecule has 2 aromatic carbocycles. The van der Waals surface area contributed by atoms with Crippen molar-refractivity contribution < 1.29 is 13.2 Å². The second kappa shape index (κ2) is 5.63. The summed E-state index contributed by atoms with van der Waals surface area (Å²) in [6.45, 7) is 4.97. The Bertz CT molecular complexity index is 936. The fourth-order valence-corrected chi connectivity index (χ4v) is 3.84. The molecule has 0 saturated heterocycles. The predicted molar refractivity (Wildman–Crippen MR) is 92.8 cm³/mol. The Morgan fingerprint density at radius 1 is 1.04 bits per heavy atom. The first-order chi connectivity index (χ1) is 11.8. The lowest BCUT2D eigenvalue weighted by atomic mass is 9.93. The van der Waals surface area contributed by atoms with Crippen LogP contribution in [0.15, 0.2) is 36.4 Å². The molecule has 3 aromatic rings. The van der Waals surface area contributed by atoms with E-state index in [2.05, 4.69) is 36.3 Å². The molecule has 0 fully saturated rings. The molecule has 4 rings (SSSR count). The van der Waals surface area contributed by atoms with Gasteiger partial charge in [0.1, 0.15) is 0 Å². The third-order valence-electron chi connectivity index (χ3n) is 4.97. The van der Waals surface area contributed by atoms with Crippen LogP contribution in [-0.2, 0) is 12.6 Å². The number of halogens is 3. The van der Waals surface area contributed by atoms with Crippen LogP contribution in [-0.4, -0.2) is 11.5 Å². The molecule has 2 nitrogen and oxygen atoms in total. The Morgan fingerprint density at radius 2 is 1.76 bits per heavy atom. The van der Waals surface area contributed by atoms with Crippen molar-refractivity contribution in [2.24, 2.45) is 0 Å². The standard InChI is InChI=1S/C20H19F3N2/c1-11-9-12(2)17-16(10-11)15-7-8-24-18(19(15)25-17)13-3-5-14(6-4-13)20(21,22)23/h3-6,9-10,18,24-25H,7-8H2,1-2H3. The van der Waals surface area contributed by atoms with Crippen molar-refractivity contribution in [1.82, 2.24) is 10.3 Å². The van der Waals surface area contributed by atoms with Crippen molar-refractivity contribution in [2.45, 2.75) is 32.5 Å². The first-order valence-corrected chi connectivity index (χ1v) is 8.37. The van der Waals surface area contributed by atoms with Crippen molar-refractivity contribution in [3.8, 4) is 0 Å². The van der Waals surface area contributed by atoms with Crippen molar-refractivity contribution in [2.75, 3.05) is 6.54 Å². The number of hydrogen-bond donors (Lipinski definition) is 2. The number of rotatable bonds is 1. The Kier molecular flexibility index (Phi) is 3.65. The van der Waals surface area contributed by atoms with Gasteiger partial charge in [0.15, 0.2) is 0 Å². The summed E-state index contributed by atoms with van der Waals surface area (Å²) in [5.74, 6) is 0. The van der Waals surface area contributed by atoms with Gasteiger partial charge in [0, 0.05) is 23.1 Å². The van der Waals surface area contributed by atoms with Gasteiger partial charge < -0.3 is 10.3 Å². The molecule has 2 N–H and O–H groups in total. The van der Waals surface area contributed by atoms with Gasteiger partial charge in [0.25, 0.3) is 0 Å². The van der Waals surface area contributed by atoms with Gasteiger partial charge >= 0.3 is 6.18 Å². The Labute approximate surface area is 144 Å². The van der Waals surface area contributed by atoms with Gasteiger partial charge in [-0.05, 0) is 55.2 Å². The molecule has 0 radical (unpaired) electrons. The summed E-state index contributed by atoms with van der Waals surface area (Å²) in [6, 6.07) is 9.67. The van der Waals surface area contributed by atoms with Crippen LogP contribution in [0.5, 0.6) is 0 Å². The molecule has 2 heterocycles. The SMILES string of the molecule is Cc1cc(C)c2[nH]c3c(c2c1)CCNC3c1ccc(C(F)(F)F)cc1. The molecule has 1 aliphatic rings. The van der Waals surface area contributed by atoms with E-state index in [1.54, 1.807) is 12.1 Å². The zero-order valence-corrected chi connectivity index (χ0v) is 14.1. The summed E-state index contributed by atoms with van der Waals surface area (Å²) in [4.78, 5) is 3.52. The number of H-pyrrole nitrogens is 1. The highest BCUT2D eigenvalue weighted by Crippen LogP contribution is 2.36. The van der Waals surface area contributed by atoms with Gasteiger partial charge in [-0.25, -0.2) is 0 Å². The van der Waals surface area contributed by atoms with Crippen LogP contribution in [0.4, 0.5) is 13.2 Å². The number of aryl methyl sites for hydroxylation is 2. The van der Waals surface area contributed by atoms with Gasteiger partial charge in [-0.15, -0.1) is 0 Å². The maximum Gasteiger partial charge on any atom is 0.416 e. The number of nitrogens with one attached hydrogen (secondary N) is 2. The van der Waals surface area contributed by atoms with Crippen LogP contribution >= 0.6 is 0 Å². The molecule has 1 aliphatic heterocycles. The smallest absolute Gasteiger partial charge is 0.356 e. The van der Waals surface area contributed by atoms with E-state index in [1.807, 2.05) is 0 Å². The van der Waals surface area contributed by atoms with E-state index < -0.39 is 11.7 Å². The number of benzene rings is 2. The van der Waals surface area contributed by atoms with Crippen molar-refractivity contribution in [3.63, 3.8) is 0 Å². The Hall–Kier alpha value is -2.27. The van der Waals surface area contributed by atoms with Gasteiger partial charge in [-0.3, -0.25) is 0 Å². The molecule has 0 amide bonds. The van der Waals surface area contributed by atoms with Crippen LogP contribution in [0.1, 0.15) is 39.6 Å². The minimum atomic E-state index is -4.31. The average molecular weight is 344 g/mol. The van der Waals surface area contributed by atoms with E-state index >= 15 is 0 Å². The van der Waals surface area contributed by atoms with Crippen LogP contribution in [0, 0.1) is 13.8 Å². The predicted octanol–water partition coefficient (Wildman–Crippen LogP) is 5.04. The fraction of sp³-hybridized carbons (Fsp3) is 0.300. The number of fused-ring (bicyclic) bond motifs is 3. The summed E-state index contributed by atoms with van der Waals surface area (Å²) in [6.07, 6.45) is -3.39. The molecule has 0 spiro atoms. The third kappa shape index (κ3) is 2.72. The van der Waals surface area contributed by atoms with E-state index in [-0.39, 0.29) is 6.04 Å². The molecule has 25 heavy (non-hydrogen) atoms. The van der Waals surface area contributed by atoms with Gasteiger partial charge in [0.2, 0.25) is 0 Å². The molecular weight excluding hydrogens is 325 g/mol. The minimum absolute atomic E-state index is 0.113. The molecule has 130 valence electrons. The normalized spacial score (nSPS) is 17.7. The molecule has 0 saturated carbocycles. The minimum Gasteiger partial charge on any atom is -0.356 e. The summed E-state index contributed by atoms with van der Waals surface area (Å²) in [7, 11) is 0. The zero-order chi connectivity index (χ0) is 17.8. The lowest BCUT2D eigenvalue weighted by Crippen LogP contribution is -2.30. The van der Waals surface area contributed by atoms with E-state index in [1.165, 1.54) is 22.1 Å². The molecule has 1 atom stereocenters. The number of alkyl halides is 3. The quantitative estimate of drug-likeness (QED) is 0.636. The molecule has 5 heteroatoms. The van der Waals surface area contributed by atoms with Crippen molar-refractivity contribution >= 4 is 10.9 Å². The summed E-state index contributed by atoms with van der Waals surface area (Å²) >= 11 is 0. The van der Waals surface area contributed by atoms with Gasteiger partial charge in [-0.2, -0.15) is 13.2 Å². The van der Waals surface area contributed by atoms with Crippen LogP contribution < -0.4 is 5.32 Å². The largest absolute Gasteiger partial charge is 0.416 e. The summed E-state index contributed by atoms with van der Waals surface area (Å²) in [5, 5.41) is 4.66. The van der Waals surface area contributed by atoms with Crippen LogP contribution in [0.3, 0.4) is 0 Å². The van der Waals surface area contributed by atoms with E-state index in [0.29, 0.717) is 0 Å². The lowest BCUT2D eigenvalue weighted by molar-refractivity contribution is -0.137. The van der Waals surface area contributed by atoms with Gasteiger partial charge in [0.05, 0.1) is 11.6 Å². The van der Waals surface area contributed by atoms with Crippen LogP contribution in [0.25, 0.3) is 10.9 Å². The highest BCUT2D eigenvalue weighted by Gasteiger charge is 2.31. The first kappa shape index (κ1) is 16.2. The fourth-order valence-electron chi connectivity index (χ4n) is 3.84. The molecule has 1 unspecified atom stereocenters. The molecule has 0 bridgehead atoms. The third-order valence-corrected chi connectivity index (χ3v) is 4.97. The van der Waals surface area contributed by atoms with Crippen molar-refractivity contribution in [3.05, 3.63) is 69.9 Å². The monoisotopic (exact) mass is 344 g/mol. The number of aromatic nitrogens is 1. The number of aromatic amines is 1. The maximum atomic E-state index is 12.8. The topological polar surface area (TPSA) is 27.8 Å². The zero-order valence-electron chi connectivity index (χ0n) is 14.1. The number of hydrogen-bond acceptors (Lipinski definition) is 1. The highest BCUT2D eigenvalue weighted by molar-refractivity contribution is 5.88. The molecule has 0 aliphatic carbocycles. The van der Waals surface area contributed by atoms with E-state index in [9.17, 15) is 13.2 Å². The average Bonchev–Trinajstić information content (AvgIpc) is 2.93. The molecular formula is C20H19F3N2. The summed E-state index contributed by atoms with van der Waals surface area (Å²) in [5.41, 5.74) is 6.09. The van der Waals surface area contributed by atoms with Crippen molar-refractivity contribution in [1.29, 1.82) is 0 Å². The molecule has 1 aromatic heterocycles. The van der Waals surface area contributed by atoms with Crippen LogP contribution in [0.2, 0.25) is 0 Å². The Balaban J connectivity index is 1.81. The Morgan fingerprint density at radius 3 is 2.44 bits per heavy atom. The first-order valence-electron chi connectivity index (χ1n) is 8.37. The highest BCUT2D eigenvalue weighted by atomic mass is 19.4. The lowest BCUT2D eigenvalue weighted by Gasteiger charge is -2.25.